The van der Waals surface area contributed by atoms with Crippen LogP contribution in [-0.4, -0.2) is 13.1 Å². The van der Waals surface area contributed by atoms with Crippen LogP contribution in [0.15, 0.2) is 0 Å². The van der Waals surface area contributed by atoms with Crippen LogP contribution in [0, 0.1) is 11.8 Å². The molecule has 15 heavy (non-hydrogen) atoms. The van der Waals surface area contributed by atoms with Crippen LogP contribution in [0.1, 0.15) is 65.2 Å². The molecule has 0 heterocycles. The monoisotopic (exact) mass is 211 g/mol. The molecule has 0 saturated heterocycles. The molecule has 1 aliphatic carbocycles. The molecule has 3 atom stereocenters. The van der Waals surface area contributed by atoms with Gasteiger partial charge in [-0.25, -0.2) is 0 Å². The summed E-state index contributed by atoms with van der Waals surface area (Å²) in [4.78, 5) is 0. The predicted octanol–water partition coefficient (Wildman–Crippen LogP) is 3.98. The summed E-state index contributed by atoms with van der Waals surface area (Å²) in [6, 6.07) is 0.810. The first kappa shape index (κ1) is 13.0. The zero-order valence-corrected chi connectivity index (χ0v) is 10.9. The Bertz CT molecular complexity index is 155. The van der Waals surface area contributed by atoms with E-state index in [0.29, 0.717) is 0 Å². The standard InChI is InChI=1S/C14H29N/c1-4-6-7-8-13-11-12(5-2)9-10-14(13)15-3/h12-15H,4-11H2,1-3H3. The molecule has 1 rings (SSSR count). The minimum Gasteiger partial charge on any atom is -0.317 e. The predicted molar refractivity (Wildman–Crippen MR) is 68.1 cm³/mol. The van der Waals surface area contributed by atoms with E-state index in [2.05, 4.69) is 26.2 Å². The third-order valence-electron chi connectivity index (χ3n) is 4.22. The van der Waals surface area contributed by atoms with E-state index in [9.17, 15) is 0 Å². The average molecular weight is 211 g/mol. The van der Waals surface area contributed by atoms with Gasteiger partial charge in [0.2, 0.25) is 0 Å². The van der Waals surface area contributed by atoms with Crippen LogP contribution >= 0.6 is 0 Å². The molecule has 0 radical (unpaired) electrons. The van der Waals surface area contributed by atoms with E-state index in [0.717, 1.165) is 17.9 Å². The van der Waals surface area contributed by atoms with Gasteiger partial charge in [-0.15, -0.1) is 0 Å². The molecule has 1 fully saturated rings. The summed E-state index contributed by atoms with van der Waals surface area (Å²) >= 11 is 0. The van der Waals surface area contributed by atoms with Crippen molar-refractivity contribution in [1.29, 1.82) is 0 Å². The summed E-state index contributed by atoms with van der Waals surface area (Å²) in [5, 5.41) is 3.53. The van der Waals surface area contributed by atoms with Crippen molar-refractivity contribution in [2.75, 3.05) is 7.05 Å². The highest BCUT2D eigenvalue weighted by Crippen LogP contribution is 2.34. The third kappa shape index (κ3) is 4.14. The third-order valence-corrected chi connectivity index (χ3v) is 4.22. The van der Waals surface area contributed by atoms with Crippen LogP contribution in [0.5, 0.6) is 0 Å². The van der Waals surface area contributed by atoms with E-state index in [4.69, 9.17) is 0 Å². The quantitative estimate of drug-likeness (QED) is 0.655. The second-order valence-electron chi connectivity index (χ2n) is 5.24. The average Bonchev–Trinajstić information content (AvgIpc) is 2.29. The molecular formula is C14H29N. The van der Waals surface area contributed by atoms with Crippen LogP contribution in [0.25, 0.3) is 0 Å². The van der Waals surface area contributed by atoms with Gasteiger partial charge in [0.25, 0.3) is 0 Å². The lowest BCUT2D eigenvalue weighted by molar-refractivity contribution is 0.193. The van der Waals surface area contributed by atoms with Gasteiger partial charge in [0.05, 0.1) is 0 Å². The Morgan fingerprint density at radius 1 is 1.13 bits per heavy atom. The molecule has 90 valence electrons. The molecule has 0 aliphatic heterocycles. The van der Waals surface area contributed by atoms with Crippen LogP contribution in [0.3, 0.4) is 0 Å². The lowest BCUT2D eigenvalue weighted by Crippen LogP contribution is -2.38. The fraction of sp³-hybridized carbons (Fsp3) is 1.00. The van der Waals surface area contributed by atoms with E-state index in [1.807, 2.05) is 0 Å². The Morgan fingerprint density at radius 2 is 1.93 bits per heavy atom. The van der Waals surface area contributed by atoms with Gasteiger partial charge in [-0.1, -0.05) is 39.5 Å². The van der Waals surface area contributed by atoms with Gasteiger partial charge in [0.15, 0.2) is 0 Å². The summed E-state index contributed by atoms with van der Waals surface area (Å²) in [7, 11) is 2.14. The highest BCUT2D eigenvalue weighted by Gasteiger charge is 2.27. The first-order valence-corrected chi connectivity index (χ1v) is 6.99. The molecule has 0 aromatic heterocycles. The molecule has 1 saturated carbocycles. The van der Waals surface area contributed by atoms with Gasteiger partial charge in [0, 0.05) is 6.04 Å². The summed E-state index contributed by atoms with van der Waals surface area (Å²) < 4.78 is 0. The fourth-order valence-electron chi connectivity index (χ4n) is 3.09. The Balaban J connectivity index is 2.33. The first-order chi connectivity index (χ1) is 7.31. The van der Waals surface area contributed by atoms with Crippen LogP contribution in [0.2, 0.25) is 0 Å². The van der Waals surface area contributed by atoms with Crippen molar-refractivity contribution < 1.29 is 0 Å². The van der Waals surface area contributed by atoms with E-state index < -0.39 is 0 Å². The van der Waals surface area contributed by atoms with Crippen molar-refractivity contribution >= 4 is 0 Å². The minimum absolute atomic E-state index is 0.810. The molecule has 1 nitrogen and oxygen atoms in total. The molecule has 0 amide bonds. The zero-order valence-electron chi connectivity index (χ0n) is 10.9. The normalized spacial score (nSPS) is 31.8. The number of hydrogen-bond acceptors (Lipinski definition) is 1. The summed E-state index contributed by atoms with van der Waals surface area (Å²) in [5.74, 6) is 1.97. The maximum atomic E-state index is 3.53. The second kappa shape index (κ2) is 7.27. The first-order valence-electron chi connectivity index (χ1n) is 6.99. The van der Waals surface area contributed by atoms with Gasteiger partial charge in [0.1, 0.15) is 0 Å². The van der Waals surface area contributed by atoms with Crippen molar-refractivity contribution in [3.05, 3.63) is 0 Å². The topological polar surface area (TPSA) is 12.0 Å². The molecule has 1 aliphatic rings. The van der Waals surface area contributed by atoms with E-state index >= 15 is 0 Å². The molecule has 0 bridgehead atoms. The SMILES string of the molecule is CCCCCC1CC(CC)CCC1NC. The van der Waals surface area contributed by atoms with E-state index in [1.54, 1.807) is 0 Å². The maximum Gasteiger partial charge on any atom is 0.00925 e. The molecule has 0 aromatic carbocycles. The molecule has 0 aromatic rings. The Labute approximate surface area is 96.0 Å². The van der Waals surface area contributed by atoms with Gasteiger partial charge in [-0.05, 0) is 44.6 Å². The fourth-order valence-corrected chi connectivity index (χ4v) is 3.09. The van der Waals surface area contributed by atoms with Crippen molar-refractivity contribution in [3.63, 3.8) is 0 Å². The van der Waals surface area contributed by atoms with Crippen molar-refractivity contribution in [2.24, 2.45) is 11.8 Å². The van der Waals surface area contributed by atoms with Crippen molar-refractivity contribution in [1.82, 2.24) is 5.32 Å². The van der Waals surface area contributed by atoms with E-state index in [1.165, 1.54) is 51.4 Å². The van der Waals surface area contributed by atoms with Crippen LogP contribution < -0.4 is 5.32 Å². The van der Waals surface area contributed by atoms with Crippen molar-refractivity contribution in [3.8, 4) is 0 Å². The summed E-state index contributed by atoms with van der Waals surface area (Å²) in [6.07, 6.45) is 11.4. The Morgan fingerprint density at radius 3 is 2.53 bits per heavy atom. The number of nitrogens with one attached hydrogen (secondary N) is 1. The highest BCUT2D eigenvalue weighted by atomic mass is 14.9. The molecular weight excluding hydrogens is 182 g/mol. The summed E-state index contributed by atoms with van der Waals surface area (Å²) in [6.45, 7) is 4.65. The Kier molecular flexibility index (Phi) is 6.31. The van der Waals surface area contributed by atoms with E-state index in [-0.39, 0.29) is 0 Å². The molecule has 1 N–H and O–H groups in total. The lowest BCUT2D eigenvalue weighted by atomic mass is 9.75. The zero-order chi connectivity index (χ0) is 11.1. The van der Waals surface area contributed by atoms with Crippen molar-refractivity contribution in [2.45, 2.75) is 71.3 Å². The van der Waals surface area contributed by atoms with Gasteiger partial charge in [-0.2, -0.15) is 0 Å². The smallest absolute Gasteiger partial charge is 0.00925 e. The van der Waals surface area contributed by atoms with Gasteiger partial charge >= 0.3 is 0 Å². The van der Waals surface area contributed by atoms with Crippen LogP contribution in [-0.2, 0) is 0 Å². The number of unbranched alkanes of at least 4 members (excludes halogenated alkanes) is 2. The molecule has 0 spiro atoms. The highest BCUT2D eigenvalue weighted by molar-refractivity contribution is 4.83. The van der Waals surface area contributed by atoms with Gasteiger partial charge < -0.3 is 5.32 Å². The summed E-state index contributed by atoms with van der Waals surface area (Å²) in [5.41, 5.74) is 0. The minimum atomic E-state index is 0.810. The largest absolute Gasteiger partial charge is 0.317 e. The number of rotatable bonds is 6. The maximum absolute atomic E-state index is 3.53. The van der Waals surface area contributed by atoms with Gasteiger partial charge in [-0.3, -0.25) is 0 Å². The lowest BCUT2D eigenvalue weighted by Gasteiger charge is -2.36. The molecule has 3 unspecified atom stereocenters. The number of hydrogen-bond donors (Lipinski definition) is 1. The second-order valence-corrected chi connectivity index (χ2v) is 5.24. The van der Waals surface area contributed by atoms with Crippen LogP contribution in [0.4, 0.5) is 0 Å². The molecule has 1 heteroatoms. The Hall–Kier alpha value is -0.0400.